The molecule has 42 valence electrons. The van der Waals surface area contributed by atoms with Crippen molar-refractivity contribution in [3.8, 4) is 0 Å². The molecule has 0 atom stereocenters. The Labute approximate surface area is 48.9 Å². The van der Waals surface area contributed by atoms with Crippen molar-refractivity contribution in [2.75, 3.05) is 0 Å². The van der Waals surface area contributed by atoms with Gasteiger partial charge in [-0.3, -0.25) is 0 Å². The van der Waals surface area contributed by atoms with Gasteiger partial charge < -0.3 is 0 Å². The molecule has 0 amide bonds. The molecule has 0 aliphatic carbocycles. The molecular weight excluding hydrogens is 100 g/mol. The molecule has 0 saturated carbocycles. The van der Waals surface area contributed by atoms with Crippen LogP contribution in [0.15, 0.2) is 17.4 Å². The molecule has 0 N–H and O–H groups in total. The second kappa shape index (κ2) is 2.40. The van der Waals surface area contributed by atoms with E-state index >= 15 is 0 Å². The first kappa shape index (κ1) is 5.22. The van der Waals surface area contributed by atoms with Gasteiger partial charge in [-0.05, 0) is 6.42 Å². The van der Waals surface area contributed by atoms with E-state index in [2.05, 4.69) is 18.1 Å². The molecule has 1 aliphatic heterocycles. The van der Waals surface area contributed by atoms with Gasteiger partial charge in [-0.1, -0.05) is 11.9 Å². The molecule has 0 fully saturated rings. The molecule has 2 nitrogen and oxygen atoms in total. The summed E-state index contributed by atoms with van der Waals surface area (Å²) in [6, 6.07) is 0. The number of hydrogen-bond donors (Lipinski definition) is 0. The zero-order valence-electron chi connectivity index (χ0n) is 4.91. The fraction of sp³-hybridized carbons (Fsp3) is 0.333. The molecule has 0 bridgehead atoms. The van der Waals surface area contributed by atoms with E-state index in [0.29, 0.717) is 0 Å². The summed E-state index contributed by atoms with van der Waals surface area (Å²) in [5.41, 5.74) is 0. The summed E-state index contributed by atoms with van der Waals surface area (Å²) >= 11 is 0. The van der Waals surface area contributed by atoms with Gasteiger partial charge in [0.1, 0.15) is 6.20 Å². The molecule has 0 spiro atoms. The van der Waals surface area contributed by atoms with E-state index in [1.54, 1.807) is 12.5 Å². The summed E-state index contributed by atoms with van der Waals surface area (Å²) in [4.78, 5) is 3.87. The van der Waals surface area contributed by atoms with Crippen molar-refractivity contribution in [1.82, 2.24) is 0 Å². The highest BCUT2D eigenvalue weighted by atomic mass is 15.1. The second-order valence-corrected chi connectivity index (χ2v) is 1.60. The topological polar surface area (TPSA) is 15.4 Å². The Morgan fingerprint density at radius 2 is 2.62 bits per heavy atom. The average Bonchev–Trinajstić information content (AvgIpc) is 2.19. The highest BCUT2D eigenvalue weighted by Crippen LogP contribution is 1.84. The van der Waals surface area contributed by atoms with Crippen molar-refractivity contribution in [3.63, 3.8) is 0 Å². The van der Waals surface area contributed by atoms with Gasteiger partial charge in [0.15, 0.2) is 6.20 Å². The van der Waals surface area contributed by atoms with Crippen molar-refractivity contribution in [2.45, 2.75) is 13.3 Å². The van der Waals surface area contributed by atoms with Crippen LogP contribution in [0.5, 0.6) is 0 Å². The third-order valence-electron chi connectivity index (χ3n) is 0.918. The monoisotopic (exact) mass is 109 g/mol. The van der Waals surface area contributed by atoms with E-state index in [1.807, 2.05) is 10.8 Å². The third-order valence-corrected chi connectivity index (χ3v) is 0.918. The predicted molar refractivity (Wildman–Crippen MR) is 34.2 cm³/mol. The molecule has 1 heterocycles. The van der Waals surface area contributed by atoms with E-state index < -0.39 is 0 Å². The van der Waals surface area contributed by atoms with Gasteiger partial charge in [0.2, 0.25) is 0 Å². The van der Waals surface area contributed by atoms with Gasteiger partial charge in [-0.2, -0.15) is 0 Å². The number of rotatable bonds is 1. The zero-order chi connectivity index (χ0) is 5.82. The Balaban J connectivity index is 2.60. The first-order valence-electron chi connectivity index (χ1n) is 2.74. The maximum absolute atomic E-state index is 3.87. The normalized spacial score (nSPS) is 20.9. The van der Waals surface area contributed by atoms with Crippen LogP contribution in [0.2, 0.25) is 0 Å². The molecule has 0 radical (unpaired) electrons. The predicted octanol–water partition coefficient (Wildman–Crippen LogP) is 0.993. The van der Waals surface area contributed by atoms with Crippen LogP contribution in [0, 0.1) is 0 Å². The zero-order valence-corrected chi connectivity index (χ0v) is 4.91. The minimum atomic E-state index is 1.05. The van der Waals surface area contributed by atoms with Gasteiger partial charge in [-0.15, -0.1) is 0 Å². The molecular formula is C6H9N2+. The van der Waals surface area contributed by atoms with Crippen LogP contribution in [0.1, 0.15) is 13.3 Å². The lowest BCUT2D eigenvalue weighted by Gasteiger charge is -1.79. The van der Waals surface area contributed by atoms with E-state index in [4.69, 9.17) is 0 Å². The smallest absolute Gasteiger partial charge is 0.210 e. The maximum Gasteiger partial charge on any atom is 0.290 e. The summed E-state index contributed by atoms with van der Waals surface area (Å²) < 4.78 is 1.94. The Morgan fingerprint density at radius 3 is 3.12 bits per heavy atom. The lowest BCUT2D eigenvalue weighted by molar-refractivity contribution is -0.304. The minimum absolute atomic E-state index is 1.05. The molecule has 1 aliphatic rings. The third kappa shape index (κ3) is 1.03. The Hall–Kier alpha value is -0.920. The van der Waals surface area contributed by atoms with Crippen LogP contribution in [-0.4, -0.2) is 17.1 Å². The number of nitrogens with zero attached hydrogens (tertiary/aromatic N) is 2. The highest BCUT2D eigenvalue weighted by molar-refractivity contribution is 5.61. The van der Waals surface area contributed by atoms with Crippen molar-refractivity contribution in [1.29, 1.82) is 0 Å². The molecule has 0 saturated heterocycles. The molecule has 1 rings (SSSR count). The fourth-order valence-corrected chi connectivity index (χ4v) is 0.588. The van der Waals surface area contributed by atoms with Crippen LogP contribution >= 0.6 is 0 Å². The van der Waals surface area contributed by atoms with Gasteiger partial charge >= 0.3 is 0 Å². The Kier molecular flexibility index (Phi) is 1.57. The molecule has 8 heavy (non-hydrogen) atoms. The van der Waals surface area contributed by atoms with Gasteiger partial charge in [0.05, 0.1) is 6.21 Å². The van der Waals surface area contributed by atoms with Crippen LogP contribution in [0.4, 0.5) is 0 Å². The summed E-state index contributed by atoms with van der Waals surface area (Å²) in [5, 5.41) is 0. The van der Waals surface area contributed by atoms with E-state index in [9.17, 15) is 0 Å². The van der Waals surface area contributed by atoms with Gasteiger partial charge in [0.25, 0.3) is 6.34 Å². The number of aliphatic imine (C=N–C) groups is 1. The van der Waals surface area contributed by atoms with Gasteiger partial charge in [0, 0.05) is 0 Å². The summed E-state index contributed by atoms with van der Waals surface area (Å²) in [5.74, 6) is 0. The van der Waals surface area contributed by atoms with Crippen molar-refractivity contribution < 1.29 is 4.58 Å². The van der Waals surface area contributed by atoms with Gasteiger partial charge in [-0.25, -0.2) is 4.58 Å². The van der Waals surface area contributed by atoms with Crippen molar-refractivity contribution in [2.24, 2.45) is 4.99 Å². The largest absolute Gasteiger partial charge is 0.290 e. The van der Waals surface area contributed by atoms with Crippen molar-refractivity contribution in [3.05, 3.63) is 12.4 Å². The molecule has 2 heteroatoms. The number of hydrogen-bond acceptors (Lipinski definition) is 1. The Morgan fingerprint density at radius 1 is 1.75 bits per heavy atom. The van der Waals surface area contributed by atoms with Crippen LogP contribution in [-0.2, 0) is 0 Å². The lowest BCUT2D eigenvalue weighted by atomic mass is 10.5. The standard InChI is InChI=1S/C6H9N2/c1-2-4-8-5-3-7-6-8/h3-6H,2H2,1H3/q+1. The average molecular weight is 109 g/mol. The van der Waals surface area contributed by atoms with E-state index in [1.165, 1.54) is 0 Å². The quantitative estimate of drug-likeness (QED) is 0.446. The maximum atomic E-state index is 3.87. The first-order valence-corrected chi connectivity index (χ1v) is 2.74. The fourth-order valence-electron chi connectivity index (χ4n) is 0.588. The molecule has 0 unspecified atom stereocenters. The molecule has 0 aromatic heterocycles. The minimum Gasteiger partial charge on any atom is -0.210 e. The van der Waals surface area contributed by atoms with Crippen LogP contribution < -0.4 is 0 Å². The first-order chi connectivity index (χ1) is 3.93. The molecule has 0 aromatic rings. The van der Waals surface area contributed by atoms with Crippen molar-refractivity contribution >= 4 is 12.6 Å². The SMILES string of the molecule is CCC=[N+]1C=CN=C1. The lowest BCUT2D eigenvalue weighted by Crippen LogP contribution is -1.97. The summed E-state index contributed by atoms with van der Waals surface area (Å²) in [6.07, 6.45) is 8.59. The Bertz CT molecular complexity index is 140. The summed E-state index contributed by atoms with van der Waals surface area (Å²) in [6.45, 7) is 2.10. The second-order valence-electron chi connectivity index (χ2n) is 1.60. The highest BCUT2D eigenvalue weighted by Gasteiger charge is 1.95. The van der Waals surface area contributed by atoms with E-state index in [-0.39, 0.29) is 0 Å². The van der Waals surface area contributed by atoms with E-state index in [0.717, 1.165) is 6.42 Å². The van der Waals surface area contributed by atoms with Crippen LogP contribution in [0.3, 0.4) is 0 Å². The van der Waals surface area contributed by atoms with Crippen LogP contribution in [0.25, 0.3) is 0 Å². The summed E-state index contributed by atoms with van der Waals surface area (Å²) in [7, 11) is 0. The molecule has 0 aromatic carbocycles.